The molecule has 1 unspecified atom stereocenters. The van der Waals surface area contributed by atoms with E-state index in [1.165, 1.54) is 0 Å². The SMILES string of the molecule is O=[PH]1C=CC1.[Co]. The normalized spacial score (nSPS) is 27.7. The van der Waals surface area contributed by atoms with E-state index in [0.29, 0.717) is 0 Å². The molecule has 1 atom stereocenters. The van der Waals surface area contributed by atoms with Crippen LogP contribution in [0.4, 0.5) is 0 Å². The van der Waals surface area contributed by atoms with Crippen LogP contribution in [0.25, 0.3) is 0 Å². The van der Waals surface area contributed by atoms with Gasteiger partial charge in [-0.25, -0.2) is 0 Å². The number of allylic oxidation sites excluding steroid dienone is 1. The third kappa shape index (κ3) is 1.29. The smallest absolute Gasteiger partial charge is 0.100 e. The molecule has 0 fully saturated rings. The van der Waals surface area contributed by atoms with Crippen LogP contribution in [-0.2, 0) is 21.3 Å². The molecule has 0 aromatic rings. The average Bonchev–Trinajstić information content (AvgIpc) is 1.30. The molecule has 0 aromatic carbocycles. The first kappa shape index (κ1) is 6.48. The zero-order valence-corrected chi connectivity index (χ0v) is 5.14. The second kappa shape index (κ2) is 2.62. The van der Waals surface area contributed by atoms with Crippen molar-refractivity contribution in [3.05, 3.63) is 11.9 Å². The molecule has 0 aliphatic carbocycles. The Balaban J connectivity index is 0.000000250. The summed E-state index contributed by atoms with van der Waals surface area (Å²) in [4.78, 5) is 0. The van der Waals surface area contributed by atoms with Crippen LogP contribution >= 0.6 is 7.80 Å². The minimum Gasteiger partial charge on any atom is -0.322 e. The molecule has 3 heteroatoms. The van der Waals surface area contributed by atoms with Gasteiger partial charge in [-0.3, -0.25) is 0 Å². The molecular weight excluding hydrogens is 142 g/mol. The van der Waals surface area contributed by atoms with Gasteiger partial charge < -0.3 is 4.57 Å². The van der Waals surface area contributed by atoms with Crippen molar-refractivity contribution < 1.29 is 21.3 Å². The fourth-order valence-corrected chi connectivity index (χ4v) is 0.642. The maximum Gasteiger partial charge on any atom is 0.100 e. The first-order chi connectivity index (χ1) is 2.39. The molecule has 0 amide bonds. The van der Waals surface area contributed by atoms with Gasteiger partial charge in [0.25, 0.3) is 0 Å². The maximum atomic E-state index is 10.00. The summed E-state index contributed by atoms with van der Waals surface area (Å²) in [5.41, 5.74) is 0. The van der Waals surface area contributed by atoms with Gasteiger partial charge >= 0.3 is 0 Å². The summed E-state index contributed by atoms with van der Waals surface area (Å²) in [6.07, 6.45) is 2.78. The summed E-state index contributed by atoms with van der Waals surface area (Å²) in [7, 11) is -1.12. The molecule has 0 bridgehead atoms. The Morgan fingerprint density at radius 1 is 1.67 bits per heavy atom. The Morgan fingerprint density at radius 2 is 2.00 bits per heavy atom. The van der Waals surface area contributed by atoms with E-state index in [9.17, 15) is 4.57 Å². The van der Waals surface area contributed by atoms with Gasteiger partial charge in [0.15, 0.2) is 0 Å². The van der Waals surface area contributed by atoms with Crippen LogP contribution in [0, 0.1) is 0 Å². The van der Waals surface area contributed by atoms with Gasteiger partial charge in [-0.1, -0.05) is 6.08 Å². The Labute approximate surface area is 47.8 Å². The second-order valence-electron chi connectivity index (χ2n) is 1.07. The van der Waals surface area contributed by atoms with E-state index in [0.717, 1.165) is 6.16 Å². The summed E-state index contributed by atoms with van der Waals surface area (Å²) in [6, 6.07) is 0. The first-order valence-electron chi connectivity index (χ1n) is 1.59. The van der Waals surface area contributed by atoms with Crippen LogP contribution in [0.1, 0.15) is 0 Å². The van der Waals surface area contributed by atoms with Gasteiger partial charge in [0.05, 0.1) is 0 Å². The van der Waals surface area contributed by atoms with E-state index in [1.807, 2.05) is 6.08 Å². The van der Waals surface area contributed by atoms with Crippen molar-refractivity contribution in [1.82, 2.24) is 0 Å². The van der Waals surface area contributed by atoms with Gasteiger partial charge in [0.1, 0.15) is 7.80 Å². The summed E-state index contributed by atoms with van der Waals surface area (Å²) in [6.45, 7) is 0. The van der Waals surface area contributed by atoms with Crippen molar-refractivity contribution in [2.24, 2.45) is 0 Å². The molecule has 1 rings (SSSR count). The molecule has 1 aliphatic heterocycles. The van der Waals surface area contributed by atoms with Crippen molar-refractivity contribution in [3.63, 3.8) is 0 Å². The zero-order chi connectivity index (χ0) is 3.70. The molecule has 1 nitrogen and oxygen atoms in total. The van der Waals surface area contributed by atoms with E-state index in [1.54, 1.807) is 5.82 Å². The van der Waals surface area contributed by atoms with E-state index in [2.05, 4.69) is 0 Å². The van der Waals surface area contributed by atoms with Crippen LogP contribution in [0.5, 0.6) is 0 Å². The van der Waals surface area contributed by atoms with Gasteiger partial charge in [-0.05, 0) is 5.82 Å². The quantitative estimate of drug-likeness (QED) is 0.468. The van der Waals surface area contributed by atoms with Gasteiger partial charge in [-0.2, -0.15) is 0 Å². The molecule has 0 spiro atoms. The van der Waals surface area contributed by atoms with Crippen LogP contribution < -0.4 is 0 Å². The Bertz CT molecular complexity index is 88.8. The summed E-state index contributed by atoms with van der Waals surface area (Å²) in [5, 5.41) is 0. The van der Waals surface area contributed by atoms with Crippen LogP contribution in [0.3, 0.4) is 0 Å². The Hall–Kier alpha value is 0.476. The van der Waals surface area contributed by atoms with Crippen LogP contribution in [-0.4, -0.2) is 6.16 Å². The van der Waals surface area contributed by atoms with E-state index >= 15 is 0 Å². The van der Waals surface area contributed by atoms with Gasteiger partial charge in [0.2, 0.25) is 0 Å². The fourth-order valence-electron chi connectivity index (χ4n) is 0.214. The van der Waals surface area contributed by atoms with Crippen molar-refractivity contribution in [1.29, 1.82) is 0 Å². The molecule has 0 saturated carbocycles. The molecule has 37 valence electrons. The summed E-state index contributed by atoms with van der Waals surface area (Å²) in [5.74, 6) is 1.77. The van der Waals surface area contributed by atoms with Crippen molar-refractivity contribution >= 4 is 7.80 Å². The standard InChI is InChI=1S/C3H5OP.Co/c4-5-2-1-3-5;/h1-2,5H,3H2;. The monoisotopic (exact) mass is 147 g/mol. The maximum absolute atomic E-state index is 10.00. The number of hydrogen-bond donors (Lipinski definition) is 0. The van der Waals surface area contributed by atoms with E-state index < -0.39 is 7.80 Å². The van der Waals surface area contributed by atoms with Gasteiger partial charge in [0, 0.05) is 22.9 Å². The minimum absolute atomic E-state index is 0. The molecule has 0 aromatic heterocycles. The predicted molar refractivity (Wildman–Crippen MR) is 23.0 cm³/mol. The largest absolute Gasteiger partial charge is 0.322 e. The number of hydrogen-bond acceptors (Lipinski definition) is 1. The molecule has 6 heavy (non-hydrogen) atoms. The summed E-state index contributed by atoms with van der Waals surface area (Å²) < 4.78 is 10.00. The molecule has 1 radical (unpaired) electrons. The van der Waals surface area contributed by atoms with E-state index in [4.69, 9.17) is 0 Å². The Morgan fingerprint density at radius 3 is 2.00 bits per heavy atom. The van der Waals surface area contributed by atoms with Crippen LogP contribution in [0.2, 0.25) is 0 Å². The van der Waals surface area contributed by atoms with Crippen LogP contribution in [0.15, 0.2) is 11.9 Å². The third-order valence-corrected chi connectivity index (χ3v) is 1.87. The first-order valence-corrected chi connectivity index (χ1v) is 3.28. The molecule has 1 heterocycles. The average molecular weight is 147 g/mol. The Kier molecular flexibility index (Phi) is 2.82. The second-order valence-corrected chi connectivity index (χ2v) is 2.75. The zero-order valence-electron chi connectivity index (χ0n) is 3.10. The predicted octanol–water partition coefficient (Wildman–Crippen LogP) is 1.07. The minimum atomic E-state index is -1.12. The van der Waals surface area contributed by atoms with Crippen molar-refractivity contribution in [3.8, 4) is 0 Å². The molecular formula is C3H5CoOP. The molecule has 0 saturated heterocycles. The topological polar surface area (TPSA) is 17.1 Å². The van der Waals surface area contributed by atoms with Crippen molar-refractivity contribution in [2.75, 3.05) is 6.16 Å². The van der Waals surface area contributed by atoms with E-state index in [-0.39, 0.29) is 16.8 Å². The fraction of sp³-hybridized carbons (Fsp3) is 0.333. The number of rotatable bonds is 0. The third-order valence-electron chi connectivity index (χ3n) is 0.623. The van der Waals surface area contributed by atoms with Crippen molar-refractivity contribution in [2.45, 2.75) is 0 Å². The molecule has 1 aliphatic rings. The summed E-state index contributed by atoms with van der Waals surface area (Å²) >= 11 is 0. The molecule has 0 N–H and O–H groups in total. The van der Waals surface area contributed by atoms with Gasteiger partial charge in [-0.15, -0.1) is 0 Å².